The molecule has 0 saturated carbocycles. The molecular weight excluding hydrogens is 250 g/mol. The van der Waals surface area contributed by atoms with Gasteiger partial charge in [-0.25, -0.2) is 0 Å². The summed E-state index contributed by atoms with van der Waals surface area (Å²) in [5, 5.41) is 2.82. The molecule has 1 aromatic carbocycles. The van der Waals surface area contributed by atoms with Crippen LogP contribution in [-0.4, -0.2) is 5.91 Å². The van der Waals surface area contributed by atoms with Crippen LogP contribution in [0.2, 0.25) is 0 Å². The van der Waals surface area contributed by atoms with Gasteiger partial charge in [0, 0.05) is 11.8 Å². The Morgan fingerprint density at radius 2 is 2.05 bits per heavy atom. The second-order valence-corrected chi connectivity index (χ2v) is 4.77. The Kier molecular flexibility index (Phi) is 4.77. The molecule has 0 bridgehead atoms. The number of amides is 1. The van der Waals surface area contributed by atoms with Gasteiger partial charge in [-0.05, 0) is 48.2 Å². The van der Waals surface area contributed by atoms with Crippen molar-refractivity contribution in [3.63, 3.8) is 0 Å². The van der Waals surface area contributed by atoms with Gasteiger partial charge in [0.15, 0.2) is 0 Å². The quantitative estimate of drug-likeness (QED) is 0.815. The second-order valence-electron chi connectivity index (χ2n) is 4.77. The van der Waals surface area contributed by atoms with Gasteiger partial charge in [-0.3, -0.25) is 4.79 Å². The average molecular weight is 269 g/mol. The lowest BCUT2D eigenvalue weighted by Gasteiger charge is -2.09. The number of nitrogens with one attached hydrogen (secondary N) is 1. The number of benzene rings is 1. The Balaban J connectivity index is 1.94. The van der Waals surface area contributed by atoms with Crippen molar-refractivity contribution in [2.45, 2.75) is 26.2 Å². The van der Waals surface area contributed by atoms with E-state index in [-0.39, 0.29) is 5.91 Å². The first kappa shape index (κ1) is 14.1. The lowest BCUT2D eigenvalue weighted by Crippen LogP contribution is -2.07. The summed E-state index contributed by atoms with van der Waals surface area (Å²) in [7, 11) is 0. The minimum absolute atomic E-state index is 0.169. The molecule has 0 aliphatic rings. The van der Waals surface area contributed by atoms with E-state index in [0.717, 1.165) is 12.1 Å². The van der Waals surface area contributed by atoms with Gasteiger partial charge < -0.3 is 9.73 Å². The number of hydrogen-bond donors (Lipinski definition) is 1. The highest BCUT2D eigenvalue weighted by atomic mass is 16.3. The van der Waals surface area contributed by atoms with Gasteiger partial charge in [0.05, 0.1) is 6.26 Å². The van der Waals surface area contributed by atoms with Gasteiger partial charge in [-0.2, -0.15) is 0 Å². The summed E-state index contributed by atoms with van der Waals surface area (Å²) in [5.41, 5.74) is 2.09. The summed E-state index contributed by atoms with van der Waals surface area (Å²) < 4.78 is 5.12. The molecular formula is C17H19NO2. The Bertz CT molecular complexity index is 568. The van der Waals surface area contributed by atoms with E-state index in [4.69, 9.17) is 4.42 Å². The topological polar surface area (TPSA) is 42.2 Å². The van der Waals surface area contributed by atoms with Gasteiger partial charge in [0.25, 0.3) is 0 Å². The highest BCUT2D eigenvalue weighted by molar-refractivity contribution is 6.01. The molecule has 104 valence electrons. The zero-order valence-electron chi connectivity index (χ0n) is 11.8. The van der Waals surface area contributed by atoms with Gasteiger partial charge >= 0.3 is 0 Å². The van der Waals surface area contributed by atoms with E-state index in [1.54, 1.807) is 24.5 Å². The van der Waals surface area contributed by atoms with E-state index in [1.807, 2.05) is 12.1 Å². The molecule has 0 aliphatic heterocycles. The summed E-state index contributed by atoms with van der Waals surface area (Å²) in [6.45, 7) is 4.36. The van der Waals surface area contributed by atoms with Crippen molar-refractivity contribution >= 4 is 17.7 Å². The van der Waals surface area contributed by atoms with Crippen LogP contribution in [0.1, 0.15) is 37.5 Å². The molecule has 2 rings (SSSR count). The third kappa shape index (κ3) is 3.85. The zero-order valence-corrected chi connectivity index (χ0v) is 11.8. The minimum Gasteiger partial charge on any atom is -0.465 e. The first-order valence-electron chi connectivity index (χ1n) is 6.81. The Morgan fingerprint density at radius 1 is 1.30 bits per heavy atom. The van der Waals surface area contributed by atoms with Crippen LogP contribution in [0.5, 0.6) is 0 Å². The number of rotatable bonds is 5. The smallest absolute Gasteiger partial charge is 0.248 e. The predicted molar refractivity (Wildman–Crippen MR) is 81.5 cm³/mol. The molecule has 1 amide bonds. The number of hydrogen-bond acceptors (Lipinski definition) is 2. The van der Waals surface area contributed by atoms with Crippen LogP contribution in [0.4, 0.5) is 5.69 Å². The first-order chi connectivity index (χ1) is 9.69. The molecule has 1 N–H and O–H groups in total. The zero-order chi connectivity index (χ0) is 14.4. The summed E-state index contributed by atoms with van der Waals surface area (Å²) >= 11 is 0. The summed E-state index contributed by atoms with van der Waals surface area (Å²) in [6.07, 6.45) is 5.78. The molecule has 0 spiro atoms. The minimum atomic E-state index is -0.169. The lowest BCUT2D eigenvalue weighted by atomic mass is 9.99. The van der Waals surface area contributed by atoms with E-state index in [2.05, 4.69) is 31.3 Å². The van der Waals surface area contributed by atoms with Crippen molar-refractivity contribution in [1.29, 1.82) is 0 Å². The lowest BCUT2D eigenvalue weighted by molar-refractivity contribution is -0.111. The fourth-order valence-electron chi connectivity index (χ4n) is 1.86. The van der Waals surface area contributed by atoms with E-state index < -0.39 is 0 Å². The molecule has 1 atom stereocenters. The SMILES string of the molecule is CCC(C)c1ccc(NC(=O)C=Cc2ccco2)cc1. The van der Waals surface area contributed by atoms with Crippen LogP contribution >= 0.6 is 0 Å². The largest absolute Gasteiger partial charge is 0.465 e. The molecule has 0 saturated heterocycles. The Morgan fingerprint density at radius 3 is 2.65 bits per heavy atom. The van der Waals surface area contributed by atoms with Crippen molar-refractivity contribution in [1.82, 2.24) is 0 Å². The van der Waals surface area contributed by atoms with Gasteiger partial charge in [-0.1, -0.05) is 26.0 Å². The Hall–Kier alpha value is -2.29. The van der Waals surface area contributed by atoms with Crippen LogP contribution < -0.4 is 5.32 Å². The van der Waals surface area contributed by atoms with E-state index in [1.165, 1.54) is 11.6 Å². The van der Waals surface area contributed by atoms with E-state index >= 15 is 0 Å². The fourth-order valence-corrected chi connectivity index (χ4v) is 1.86. The molecule has 0 fully saturated rings. The van der Waals surface area contributed by atoms with Crippen molar-refractivity contribution in [3.8, 4) is 0 Å². The van der Waals surface area contributed by atoms with Crippen LogP contribution in [0.15, 0.2) is 53.2 Å². The third-order valence-corrected chi connectivity index (χ3v) is 3.30. The molecule has 3 heteroatoms. The van der Waals surface area contributed by atoms with Crippen molar-refractivity contribution in [3.05, 3.63) is 60.1 Å². The van der Waals surface area contributed by atoms with E-state index in [9.17, 15) is 4.79 Å². The van der Waals surface area contributed by atoms with E-state index in [0.29, 0.717) is 11.7 Å². The van der Waals surface area contributed by atoms with Crippen LogP contribution in [-0.2, 0) is 4.79 Å². The standard InChI is InChI=1S/C17H19NO2/c1-3-13(2)14-6-8-15(9-7-14)18-17(19)11-10-16-5-4-12-20-16/h4-13H,3H2,1-2H3,(H,18,19). The van der Waals surface area contributed by atoms with Crippen molar-refractivity contribution in [2.24, 2.45) is 0 Å². The predicted octanol–water partition coefficient (Wildman–Crippen LogP) is 4.45. The van der Waals surface area contributed by atoms with Crippen LogP contribution in [0, 0.1) is 0 Å². The third-order valence-electron chi connectivity index (χ3n) is 3.30. The molecule has 1 unspecified atom stereocenters. The number of carbonyl (C=O) groups excluding carboxylic acids is 1. The van der Waals surface area contributed by atoms with Gasteiger partial charge in [0.1, 0.15) is 5.76 Å². The normalized spacial score (nSPS) is 12.5. The van der Waals surface area contributed by atoms with Gasteiger partial charge in [-0.15, -0.1) is 0 Å². The molecule has 2 aromatic rings. The summed E-state index contributed by atoms with van der Waals surface area (Å²) in [6, 6.07) is 11.6. The van der Waals surface area contributed by atoms with Crippen molar-refractivity contribution < 1.29 is 9.21 Å². The van der Waals surface area contributed by atoms with Crippen LogP contribution in [0.3, 0.4) is 0 Å². The molecule has 1 aromatic heterocycles. The summed E-state index contributed by atoms with van der Waals surface area (Å²) in [4.78, 5) is 11.7. The maximum absolute atomic E-state index is 11.7. The average Bonchev–Trinajstić information content (AvgIpc) is 2.98. The maximum atomic E-state index is 11.7. The van der Waals surface area contributed by atoms with Gasteiger partial charge in [0.2, 0.25) is 5.91 Å². The Labute approximate surface area is 119 Å². The fraction of sp³-hybridized carbons (Fsp3) is 0.235. The highest BCUT2D eigenvalue weighted by Gasteiger charge is 2.03. The summed E-state index contributed by atoms with van der Waals surface area (Å²) in [5.74, 6) is 1.03. The first-order valence-corrected chi connectivity index (χ1v) is 6.81. The monoisotopic (exact) mass is 269 g/mol. The number of anilines is 1. The highest BCUT2D eigenvalue weighted by Crippen LogP contribution is 2.20. The number of carbonyl (C=O) groups is 1. The molecule has 0 aliphatic carbocycles. The maximum Gasteiger partial charge on any atom is 0.248 e. The second kappa shape index (κ2) is 6.75. The molecule has 20 heavy (non-hydrogen) atoms. The van der Waals surface area contributed by atoms with Crippen molar-refractivity contribution in [2.75, 3.05) is 5.32 Å². The molecule has 1 heterocycles. The molecule has 3 nitrogen and oxygen atoms in total. The number of furan rings is 1. The van der Waals surface area contributed by atoms with Crippen LogP contribution in [0.25, 0.3) is 6.08 Å². The molecule has 0 radical (unpaired) electrons.